The van der Waals surface area contributed by atoms with E-state index in [-0.39, 0.29) is 0 Å². The highest BCUT2D eigenvalue weighted by atomic mass is 16.6. The van der Waals surface area contributed by atoms with E-state index in [4.69, 9.17) is 20.0 Å². The fourth-order valence-electron chi connectivity index (χ4n) is 2.45. The van der Waals surface area contributed by atoms with Gasteiger partial charge in [0.15, 0.2) is 11.5 Å². The lowest BCUT2D eigenvalue weighted by molar-refractivity contribution is 0.214. The van der Waals surface area contributed by atoms with Crippen molar-refractivity contribution in [3.63, 3.8) is 0 Å². The van der Waals surface area contributed by atoms with Crippen molar-refractivity contribution in [2.45, 2.75) is 6.42 Å². The largest absolute Gasteiger partial charge is 0.493 e. The van der Waals surface area contributed by atoms with E-state index < -0.39 is 0 Å². The van der Waals surface area contributed by atoms with Crippen LogP contribution in [0, 0.1) is 0 Å². The minimum Gasteiger partial charge on any atom is -0.493 e. The lowest BCUT2D eigenvalue weighted by Gasteiger charge is -2.16. The lowest BCUT2D eigenvalue weighted by atomic mass is 9.95. The van der Waals surface area contributed by atoms with Crippen molar-refractivity contribution in [1.29, 1.82) is 0 Å². The van der Waals surface area contributed by atoms with Gasteiger partial charge in [-0.1, -0.05) is 35.5 Å². The molecule has 0 heterocycles. The summed E-state index contributed by atoms with van der Waals surface area (Å²) in [5, 5.41) is 4.22. The second-order valence-corrected chi connectivity index (χ2v) is 4.89. The molecule has 2 rings (SSSR count). The quantitative estimate of drug-likeness (QED) is 0.630. The van der Waals surface area contributed by atoms with Crippen molar-refractivity contribution >= 4 is 5.71 Å². The molecule has 0 aromatic heterocycles. The van der Waals surface area contributed by atoms with Crippen LogP contribution in [0.4, 0.5) is 0 Å². The van der Waals surface area contributed by atoms with E-state index in [1.807, 2.05) is 42.5 Å². The van der Waals surface area contributed by atoms with Gasteiger partial charge in [-0.3, -0.25) is 0 Å². The Balaban J connectivity index is 2.64. The molecule has 0 saturated carbocycles. The first kappa shape index (κ1) is 16.8. The third-order valence-electron chi connectivity index (χ3n) is 3.51. The Labute approximate surface area is 136 Å². The molecule has 0 radical (unpaired) electrons. The molecule has 2 N–H and O–H groups in total. The average Bonchev–Trinajstić information content (AvgIpc) is 2.60. The minimum atomic E-state index is 0.525. The summed E-state index contributed by atoms with van der Waals surface area (Å²) in [7, 11) is 4.76. The minimum absolute atomic E-state index is 0.525. The molecule has 0 bridgehead atoms. The molecule has 0 aliphatic heterocycles. The van der Waals surface area contributed by atoms with E-state index in [9.17, 15) is 0 Å². The maximum atomic E-state index is 5.76. The maximum absolute atomic E-state index is 5.76. The molecule has 23 heavy (non-hydrogen) atoms. The van der Waals surface area contributed by atoms with Crippen LogP contribution in [0.1, 0.15) is 16.7 Å². The van der Waals surface area contributed by atoms with Gasteiger partial charge in [-0.25, -0.2) is 0 Å². The number of ether oxygens (including phenoxy) is 2. The van der Waals surface area contributed by atoms with E-state index in [0.717, 1.165) is 22.4 Å². The summed E-state index contributed by atoms with van der Waals surface area (Å²) in [6.07, 6.45) is 0.700. The Bertz CT molecular complexity index is 669. The molecule has 0 aliphatic carbocycles. The lowest BCUT2D eigenvalue weighted by Crippen LogP contribution is -2.12. The van der Waals surface area contributed by atoms with Crippen molar-refractivity contribution in [2.75, 3.05) is 27.9 Å². The maximum Gasteiger partial charge on any atom is 0.161 e. The van der Waals surface area contributed by atoms with Gasteiger partial charge in [-0.2, -0.15) is 0 Å². The molecule has 0 saturated heterocycles. The number of hydrogen-bond acceptors (Lipinski definition) is 5. The van der Waals surface area contributed by atoms with Gasteiger partial charge in [-0.05, 0) is 30.7 Å². The Hall–Kier alpha value is -2.53. The van der Waals surface area contributed by atoms with Crippen LogP contribution in [-0.4, -0.2) is 33.6 Å². The summed E-state index contributed by atoms with van der Waals surface area (Å²) < 4.78 is 10.8. The van der Waals surface area contributed by atoms with E-state index in [2.05, 4.69) is 5.16 Å². The molecule has 2 aromatic carbocycles. The predicted molar refractivity (Wildman–Crippen MR) is 91.4 cm³/mol. The standard InChI is InChI=1S/C18H22N2O3/c1-21-16-11-14(9-10-19)15(12-17(16)22-2)18(20-23-3)13-7-5-4-6-8-13/h4-8,11-12H,9-10,19H2,1-3H3/b20-18-. The Morgan fingerprint density at radius 3 is 2.22 bits per heavy atom. The van der Waals surface area contributed by atoms with Crippen LogP contribution < -0.4 is 15.2 Å². The third kappa shape index (κ3) is 3.81. The first-order valence-electron chi connectivity index (χ1n) is 7.37. The van der Waals surface area contributed by atoms with Crippen molar-refractivity contribution in [3.05, 3.63) is 59.2 Å². The van der Waals surface area contributed by atoms with Crippen molar-refractivity contribution in [3.8, 4) is 11.5 Å². The smallest absolute Gasteiger partial charge is 0.161 e. The molecule has 0 atom stereocenters. The van der Waals surface area contributed by atoms with Gasteiger partial charge >= 0.3 is 0 Å². The predicted octanol–water partition coefficient (Wildman–Crippen LogP) is 2.60. The molecular weight excluding hydrogens is 292 g/mol. The molecule has 0 aliphatic rings. The van der Waals surface area contributed by atoms with Crippen LogP contribution in [-0.2, 0) is 11.3 Å². The Kier molecular flexibility index (Phi) is 6.00. The highest BCUT2D eigenvalue weighted by molar-refractivity contribution is 6.13. The molecular formula is C18H22N2O3. The van der Waals surface area contributed by atoms with Gasteiger partial charge < -0.3 is 20.0 Å². The van der Waals surface area contributed by atoms with Crippen molar-refractivity contribution in [1.82, 2.24) is 0 Å². The molecule has 5 nitrogen and oxygen atoms in total. The number of methoxy groups -OCH3 is 2. The number of hydrogen-bond donors (Lipinski definition) is 1. The van der Waals surface area contributed by atoms with Gasteiger partial charge in [0.2, 0.25) is 0 Å². The highest BCUT2D eigenvalue weighted by Crippen LogP contribution is 2.32. The fraction of sp³-hybridized carbons (Fsp3) is 0.278. The van der Waals surface area contributed by atoms with Gasteiger partial charge in [0.05, 0.1) is 14.2 Å². The summed E-state index contributed by atoms with van der Waals surface area (Å²) >= 11 is 0. The van der Waals surface area contributed by atoms with Crippen LogP contribution >= 0.6 is 0 Å². The molecule has 0 amide bonds. The number of nitrogens with two attached hydrogens (primary N) is 1. The SMILES string of the molecule is CO/N=C(/c1ccccc1)c1cc(OC)c(OC)cc1CCN. The number of nitrogens with zero attached hydrogens (tertiary/aromatic N) is 1. The molecule has 5 heteroatoms. The number of benzene rings is 2. The van der Waals surface area contributed by atoms with Crippen molar-refractivity contribution < 1.29 is 14.3 Å². The Morgan fingerprint density at radius 2 is 1.65 bits per heavy atom. The van der Waals surface area contributed by atoms with E-state index in [1.54, 1.807) is 14.2 Å². The summed E-state index contributed by atoms with van der Waals surface area (Å²) in [6, 6.07) is 13.7. The van der Waals surface area contributed by atoms with Gasteiger partial charge in [0.1, 0.15) is 12.8 Å². The summed E-state index contributed by atoms with van der Waals surface area (Å²) in [5.74, 6) is 1.31. The normalized spacial score (nSPS) is 11.2. The third-order valence-corrected chi connectivity index (χ3v) is 3.51. The fourth-order valence-corrected chi connectivity index (χ4v) is 2.45. The van der Waals surface area contributed by atoms with E-state index >= 15 is 0 Å². The van der Waals surface area contributed by atoms with Crippen LogP contribution in [0.3, 0.4) is 0 Å². The van der Waals surface area contributed by atoms with Crippen LogP contribution in [0.25, 0.3) is 0 Å². The van der Waals surface area contributed by atoms with Crippen LogP contribution in [0.5, 0.6) is 11.5 Å². The second kappa shape index (κ2) is 8.19. The molecule has 0 fully saturated rings. The van der Waals surface area contributed by atoms with Gasteiger partial charge in [0, 0.05) is 11.1 Å². The van der Waals surface area contributed by atoms with E-state index in [1.165, 1.54) is 7.11 Å². The van der Waals surface area contributed by atoms with E-state index in [0.29, 0.717) is 24.5 Å². The zero-order valence-electron chi connectivity index (χ0n) is 13.7. The Morgan fingerprint density at radius 1 is 1.00 bits per heavy atom. The summed E-state index contributed by atoms with van der Waals surface area (Å²) in [6.45, 7) is 0.525. The number of rotatable bonds is 7. The van der Waals surface area contributed by atoms with Gasteiger partial charge in [0.25, 0.3) is 0 Å². The van der Waals surface area contributed by atoms with Crippen LogP contribution in [0.2, 0.25) is 0 Å². The number of oxime groups is 1. The summed E-state index contributed by atoms with van der Waals surface area (Å²) in [5.41, 5.74) is 9.40. The first-order chi connectivity index (χ1) is 11.2. The first-order valence-corrected chi connectivity index (χ1v) is 7.37. The molecule has 0 unspecified atom stereocenters. The average molecular weight is 314 g/mol. The summed E-state index contributed by atoms with van der Waals surface area (Å²) in [4.78, 5) is 5.06. The molecule has 122 valence electrons. The van der Waals surface area contributed by atoms with Gasteiger partial charge in [-0.15, -0.1) is 0 Å². The monoisotopic (exact) mass is 314 g/mol. The zero-order chi connectivity index (χ0) is 16.7. The zero-order valence-corrected chi connectivity index (χ0v) is 13.7. The van der Waals surface area contributed by atoms with Crippen molar-refractivity contribution in [2.24, 2.45) is 10.9 Å². The van der Waals surface area contributed by atoms with Crippen LogP contribution in [0.15, 0.2) is 47.6 Å². The second-order valence-electron chi connectivity index (χ2n) is 4.89. The molecule has 2 aromatic rings. The molecule has 0 spiro atoms. The highest BCUT2D eigenvalue weighted by Gasteiger charge is 2.17. The topological polar surface area (TPSA) is 66.1 Å².